The van der Waals surface area contributed by atoms with Gasteiger partial charge in [0.1, 0.15) is 11.8 Å². The highest BCUT2D eigenvalue weighted by atomic mass is 16.6. The fourth-order valence-electron chi connectivity index (χ4n) is 2.57. The molecule has 2 N–H and O–H groups in total. The number of anilines is 1. The Labute approximate surface area is 138 Å². The van der Waals surface area contributed by atoms with E-state index in [0.29, 0.717) is 11.4 Å². The number of nitrogens with one attached hydrogen (secondary N) is 1. The van der Waals surface area contributed by atoms with Crippen LogP contribution in [0.4, 0.5) is 10.5 Å². The zero-order chi connectivity index (χ0) is 16.9. The van der Waals surface area contributed by atoms with E-state index in [1.807, 2.05) is 0 Å². The molecule has 3 rings (SSSR count). The van der Waals surface area contributed by atoms with Crippen LogP contribution in [-0.2, 0) is 4.79 Å². The maximum Gasteiger partial charge on any atom is 0.416 e. The topological polar surface area (TPSA) is 91.8 Å². The molecule has 0 saturated carbocycles. The maximum atomic E-state index is 12.4. The normalized spacial score (nSPS) is 19.8. The molecule has 1 aliphatic rings. The highest BCUT2D eigenvalue weighted by molar-refractivity contribution is 5.97. The molecule has 2 heterocycles. The quantitative estimate of drug-likeness (QED) is 0.894. The summed E-state index contributed by atoms with van der Waals surface area (Å²) in [5, 5.41) is 12.5. The van der Waals surface area contributed by atoms with E-state index in [2.05, 4.69) is 10.3 Å². The number of aliphatic hydroxyl groups is 1. The second kappa shape index (κ2) is 7.10. The molecule has 0 bridgehead atoms. The summed E-state index contributed by atoms with van der Waals surface area (Å²) in [7, 11) is 0. The molecule has 2 atom stereocenters. The first-order valence-electron chi connectivity index (χ1n) is 7.56. The molecule has 1 saturated heterocycles. The Balaban J connectivity index is 1.69. The van der Waals surface area contributed by atoms with Crippen LogP contribution in [0.5, 0.6) is 5.75 Å². The fraction of sp³-hybridized carbons (Fsp3) is 0.235. The lowest BCUT2D eigenvalue weighted by Gasteiger charge is -2.22. The van der Waals surface area contributed by atoms with E-state index in [0.717, 1.165) is 0 Å². The van der Waals surface area contributed by atoms with Gasteiger partial charge in [0.2, 0.25) is 5.91 Å². The highest BCUT2D eigenvalue weighted by Gasteiger charge is 2.40. The van der Waals surface area contributed by atoms with Gasteiger partial charge in [-0.1, -0.05) is 18.2 Å². The number of ether oxygens (including phenoxy) is 1. The first-order valence-corrected chi connectivity index (χ1v) is 7.56. The number of nitrogens with zero attached hydrogens (tertiary/aromatic N) is 2. The fourth-order valence-corrected chi connectivity index (χ4v) is 2.57. The Bertz CT molecular complexity index is 647. The van der Waals surface area contributed by atoms with Crippen molar-refractivity contribution in [1.29, 1.82) is 0 Å². The van der Waals surface area contributed by atoms with Crippen LogP contribution < -0.4 is 10.1 Å². The second-order valence-electron chi connectivity index (χ2n) is 5.47. The van der Waals surface area contributed by atoms with Crippen LogP contribution in [-0.4, -0.2) is 45.7 Å². The van der Waals surface area contributed by atoms with Gasteiger partial charge < -0.3 is 15.2 Å². The third-order valence-corrected chi connectivity index (χ3v) is 3.69. The minimum atomic E-state index is -0.795. The number of aromatic nitrogens is 1. The Hall–Kier alpha value is -2.93. The molecule has 1 fully saturated rings. The first kappa shape index (κ1) is 15.9. The van der Waals surface area contributed by atoms with Crippen LogP contribution in [0, 0.1) is 0 Å². The number of carbonyl (C=O) groups excluding carboxylic acids is 2. The van der Waals surface area contributed by atoms with Gasteiger partial charge in [0, 0.05) is 12.6 Å². The minimum absolute atomic E-state index is 0.0524. The maximum absolute atomic E-state index is 12.4. The molecule has 2 amide bonds. The summed E-state index contributed by atoms with van der Waals surface area (Å²) in [5.74, 6) is -0.000121. The monoisotopic (exact) mass is 327 g/mol. The molecule has 0 radical (unpaired) electrons. The van der Waals surface area contributed by atoms with Gasteiger partial charge in [-0.3, -0.25) is 14.7 Å². The molecular weight excluding hydrogens is 310 g/mol. The molecule has 0 unspecified atom stereocenters. The van der Waals surface area contributed by atoms with Crippen molar-refractivity contribution >= 4 is 17.7 Å². The number of para-hydroxylation sites is 1. The molecule has 7 heteroatoms. The van der Waals surface area contributed by atoms with Crippen molar-refractivity contribution in [1.82, 2.24) is 9.88 Å². The Morgan fingerprint density at radius 1 is 1.21 bits per heavy atom. The lowest BCUT2D eigenvalue weighted by atomic mass is 10.2. The Morgan fingerprint density at radius 3 is 2.71 bits per heavy atom. The third-order valence-electron chi connectivity index (χ3n) is 3.69. The van der Waals surface area contributed by atoms with Crippen LogP contribution in [0.1, 0.15) is 6.42 Å². The van der Waals surface area contributed by atoms with E-state index in [-0.39, 0.29) is 18.9 Å². The van der Waals surface area contributed by atoms with Crippen molar-refractivity contribution < 1.29 is 19.4 Å². The number of rotatable bonds is 3. The SMILES string of the molecule is O=C(Nc1cccnc1)[C@H]1C[C@@H](O)CN1C(=O)Oc1ccccc1. The second-order valence-corrected chi connectivity index (χ2v) is 5.47. The molecule has 0 aliphatic carbocycles. The van der Waals surface area contributed by atoms with E-state index in [9.17, 15) is 14.7 Å². The van der Waals surface area contributed by atoms with Gasteiger partial charge in [0.25, 0.3) is 0 Å². The molecule has 7 nitrogen and oxygen atoms in total. The molecule has 24 heavy (non-hydrogen) atoms. The van der Waals surface area contributed by atoms with Crippen LogP contribution in [0.3, 0.4) is 0 Å². The first-order chi connectivity index (χ1) is 11.6. The van der Waals surface area contributed by atoms with E-state index < -0.39 is 18.2 Å². The van der Waals surface area contributed by atoms with Crippen molar-refractivity contribution in [3.63, 3.8) is 0 Å². The van der Waals surface area contributed by atoms with Crippen molar-refractivity contribution in [2.75, 3.05) is 11.9 Å². The summed E-state index contributed by atoms with van der Waals surface area (Å²) in [5.41, 5.74) is 0.528. The van der Waals surface area contributed by atoms with Crippen LogP contribution in [0.15, 0.2) is 54.9 Å². The van der Waals surface area contributed by atoms with Gasteiger partial charge in [0.15, 0.2) is 0 Å². The lowest BCUT2D eigenvalue weighted by Crippen LogP contribution is -2.44. The van der Waals surface area contributed by atoms with E-state index in [1.54, 1.807) is 48.7 Å². The number of hydrogen-bond donors (Lipinski definition) is 2. The van der Waals surface area contributed by atoms with Gasteiger partial charge >= 0.3 is 6.09 Å². The number of β-amino-alcohol motifs (C(OH)–C–C–N with tert-alkyl or cyclic N) is 1. The summed E-state index contributed by atoms with van der Waals surface area (Å²) >= 11 is 0. The summed E-state index contributed by atoms with van der Waals surface area (Å²) in [6, 6.07) is 11.2. The number of likely N-dealkylation sites (tertiary alicyclic amines) is 1. The van der Waals surface area contributed by atoms with Gasteiger partial charge in [-0.25, -0.2) is 4.79 Å². The standard InChI is InChI=1S/C17H17N3O4/c21-13-9-15(16(22)19-12-5-4-8-18-10-12)20(11-13)17(23)24-14-6-2-1-3-7-14/h1-8,10,13,15,21H,9,11H2,(H,19,22)/t13-,15-/m1/s1. The number of aliphatic hydroxyl groups excluding tert-OH is 1. The lowest BCUT2D eigenvalue weighted by molar-refractivity contribution is -0.119. The van der Waals surface area contributed by atoms with Crippen molar-refractivity contribution in [2.45, 2.75) is 18.6 Å². The van der Waals surface area contributed by atoms with Gasteiger partial charge in [-0.2, -0.15) is 0 Å². The summed E-state index contributed by atoms with van der Waals surface area (Å²) in [4.78, 5) is 29.9. The predicted molar refractivity (Wildman–Crippen MR) is 86.5 cm³/mol. The van der Waals surface area contributed by atoms with E-state index in [4.69, 9.17) is 4.74 Å². The van der Waals surface area contributed by atoms with E-state index in [1.165, 1.54) is 11.1 Å². The molecule has 1 aliphatic heterocycles. The van der Waals surface area contributed by atoms with Crippen molar-refractivity contribution in [3.8, 4) is 5.75 Å². The molecule has 0 spiro atoms. The average molecular weight is 327 g/mol. The van der Waals surface area contributed by atoms with Gasteiger partial charge in [-0.15, -0.1) is 0 Å². The molecular formula is C17H17N3O4. The number of carbonyl (C=O) groups is 2. The molecule has 2 aromatic rings. The zero-order valence-corrected chi connectivity index (χ0v) is 12.8. The van der Waals surface area contributed by atoms with Gasteiger partial charge in [-0.05, 0) is 24.3 Å². The third kappa shape index (κ3) is 3.69. The van der Waals surface area contributed by atoms with Crippen LogP contribution in [0.25, 0.3) is 0 Å². The van der Waals surface area contributed by atoms with Crippen molar-refractivity contribution in [3.05, 3.63) is 54.9 Å². The Kier molecular flexibility index (Phi) is 4.72. The number of amides is 2. The highest BCUT2D eigenvalue weighted by Crippen LogP contribution is 2.22. The average Bonchev–Trinajstić information content (AvgIpc) is 2.99. The number of hydrogen-bond acceptors (Lipinski definition) is 5. The zero-order valence-electron chi connectivity index (χ0n) is 12.8. The predicted octanol–water partition coefficient (Wildman–Crippen LogP) is 1.65. The molecule has 1 aromatic heterocycles. The van der Waals surface area contributed by atoms with Crippen molar-refractivity contribution in [2.24, 2.45) is 0 Å². The number of pyridine rings is 1. The molecule has 1 aromatic carbocycles. The van der Waals surface area contributed by atoms with E-state index >= 15 is 0 Å². The summed E-state index contributed by atoms with van der Waals surface area (Å²) in [6.45, 7) is 0.0524. The van der Waals surface area contributed by atoms with Crippen LogP contribution >= 0.6 is 0 Å². The molecule has 124 valence electrons. The van der Waals surface area contributed by atoms with Crippen LogP contribution in [0.2, 0.25) is 0 Å². The minimum Gasteiger partial charge on any atom is -0.410 e. The smallest absolute Gasteiger partial charge is 0.410 e. The largest absolute Gasteiger partial charge is 0.416 e. The summed E-state index contributed by atoms with van der Waals surface area (Å²) in [6.07, 6.45) is 1.84. The summed E-state index contributed by atoms with van der Waals surface area (Å²) < 4.78 is 5.26. The van der Waals surface area contributed by atoms with Gasteiger partial charge in [0.05, 0.1) is 24.5 Å². The number of benzene rings is 1. The Morgan fingerprint density at radius 2 is 2.00 bits per heavy atom.